The maximum atomic E-state index is 12.8. The lowest BCUT2D eigenvalue weighted by molar-refractivity contribution is -0.143. The Morgan fingerprint density at radius 2 is 1.95 bits per heavy atom. The predicted molar refractivity (Wildman–Crippen MR) is 78.9 cm³/mol. The normalized spacial score (nSPS) is 24.2. The first-order chi connectivity index (χ1) is 9.10. The molecule has 0 saturated carbocycles. The van der Waals surface area contributed by atoms with Crippen LogP contribution in [0.5, 0.6) is 0 Å². The molecule has 0 unspecified atom stereocenters. The third-order valence-corrected chi connectivity index (χ3v) is 5.10. The second-order valence-corrected chi connectivity index (χ2v) is 6.14. The van der Waals surface area contributed by atoms with E-state index < -0.39 is 5.41 Å². The summed E-state index contributed by atoms with van der Waals surface area (Å²) in [7, 11) is 0. The molecule has 0 aromatic rings. The van der Waals surface area contributed by atoms with E-state index in [-0.39, 0.29) is 5.91 Å². The van der Waals surface area contributed by atoms with Crippen LogP contribution in [0.15, 0.2) is 0 Å². The fraction of sp³-hybridized carbons (Fsp3) is 0.857. The molecule has 2 heterocycles. The van der Waals surface area contributed by atoms with Gasteiger partial charge in [0.1, 0.15) is 5.41 Å². The van der Waals surface area contributed by atoms with Gasteiger partial charge in [0.15, 0.2) is 0 Å². The average Bonchev–Trinajstić information content (AvgIpc) is 2.47. The summed E-state index contributed by atoms with van der Waals surface area (Å²) in [4.78, 5) is 15.1. The highest BCUT2D eigenvalue weighted by molar-refractivity contribution is 7.80. The number of carbonyl (C=O) groups is 1. The highest BCUT2D eigenvalue weighted by atomic mass is 32.1. The molecule has 2 saturated heterocycles. The summed E-state index contributed by atoms with van der Waals surface area (Å²) in [5.41, 5.74) is 5.25. The Morgan fingerprint density at radius 1 is 1.37 bits per heavy atom. The summed E-state index contributed by atoms with van der Waals surface area (Å²) >= 11 is 5.19. The third-order valence-electron chi connectivity index (χ3n) is 4.71. The van der Waals surface area contributed by atoms with Gasteiger partial charge in [-0.05, 0) is 31.6 Å². The number of carbonyl (C=O) groups excluding carboxylic acids is 1. The molecular formula is C14H24N2O2S. The van der Waals surface area contributed by atoms with Crippen LogP contribution < -0.4 is 5.73 Å². The van der Waals surface area contributed by atoms with E-state index >= 15 is 0 Å². The van der Waals surface area contributed by atoms with Gasteiger partial charge in [0, 0.05) is 26.3 Å². The number of nitrogens with two attached hydrogens (primary N) is 1. The van der Waals surface area contributed by atoms with Gasteiger partial charge in [-0.3, -0.25) is 4.79 Å². The fourth-order valence-electron chi connectivity index (χ4n) is 3.13. The summed E-state index contributed by atoms with van der Waals surface area (Å²) in [6, 6.07) is 0. The number of hydrogen-bond donors (Lipinski definition) is 1. The molecule has 1 amide bonds. The Hall–Kier alpha value is -0.680. The quantitative estimate of drug-likeness (QED) is 0.802. The Kier molecular flexibility index (Phi) is 4.79. The van der Waals surface area contributed by atoms with Crippen LogP contribution in [0.25, 0.3) is 0 Å². The Bertz CT molecular complexity index is 345. The minimum absolute atomic E-state index is 0.137. The fourth-order valence-corrected chi connectivity index (χ4v) is 3.42. The molecule has 2 fully saturated rings. The first kappa shape index (κ1) is 14.7. The molecule has 108 valence electrons. The van der Waals surface area contributed by atoms with Crippen molar-refractivity contribution in [1.82, 2.24) is 4.90 Å². The third kappa shape index (κ3) is 2.92. The summed E-state index contributed by atoms with van der Waals surface area (Å²) in [6.07, 6.45) is 4.68. The molecule has 2 aliphatic rings. The lowest BCUT2D eigenvalue weighted by Gasteiger charge is -2.41. The Labute approximate surface area is 120 Å². The van der Waals surface area contributed by atoms with E-state index in [9.17, 15) is 4.79 Å². The molecule has 5 heteroatoms. The van der Waals surface area contributed by atoms with Gasteiger partial charge in [0.2, 0.25) is 5.91 Å². The van der Waals surface area contributed by atoms with E-state index in [0.717, 1.165) is 31.8 Å². The van der Waals surface area contributed by atoms with Crippen LogP contribution in [0, 0.1) is 11.3 Å². The minimum atomic E-state index is -0.646. The maximum Gasteiger partial charge on any atom is 0.235 e. The molecule has 0 bridgehead atoms. The van der Waals surface area contributed by atoms with Gasteiger partial charge in [-0.1, -0.05) is 25.6 Å². The van der Waals surface area contributed by atoms with Crippen LogP contribution in [0.2, 0.25) is 0 Å². The van der Waals surface area contributed by atoms with Gasteiger partial charge < -0.3 is 15.4 Å². The van der Waals surface area contributed by atoms with Crippen molar-refractivity contribution in [2.24, 2.45) is 17.1 Å². The van der Waals surface area contributed by atoms with Gasteiger partial charge in [-0.15, -0.1) is 0 Å². The zero-order chi connectivity index (χ0) is 13.9. The number of nitrogens with zero attached hydrogens (tertiary/aromatic N) is 1. The topological polar surface area (TPSA) is 55.6 Å². The van der Waals surface area contributed by atoms with E-state index in [2.05, 4.69) is 6.92 Å². The van der Waals surface area contributed by atoms with Crippen molar-refractivity contribution in [3.63, 3.8) is 0 Å². The SMILES string of the molecule is CCC1CCN(C(=O)C2(C(N)=S)CCOCC2)CC1. The number of rotatable bonds is 3. The second kappa shape index (κ2) is 6.18. The molecule has 0 radical (unpaired) electrons. The van der Waals surface area contributed by atoms with E-state index in [4.69, 9.17) is 22.7 Å². The molecule has 0 spiro atoms. The van der Waals surface area contributed by atoms with Crippen molar-refractivity contribution in [3.05, 3.63) is 0 Å². The largest absolute Gasteiger partial charge is 0.392 e. The number of likely N-dealkylation sites (tertiary alicyclic amines) is 1. The number of piperidine rings is 1. The van der Waals surface area contributed by atoms with Crippen molar-refractivity contribution in [2.75, 3.05) is 26.3 Å². The minimum Gasteiger partial charge on any atom is -0.392 e. The number of ether oxygens (including phenoxy) is 1. The summed E-state index contributed by atoms with van der Waals surface area (Å²) < 4.78 is 5.36. The van der Waals surface area contributed by atoms with Crippen molar-refractivity contribution in [1.29, 1.82) is 0 Å². The average molecular weight is 284 g/mol. The second-order valence-electron chi connectivity index (χ2n) is 5.70. The van der Waals surface area contributed by atoms with Gasteiger partial charge in [0.25, 0.3) is 0 Å². The van der Waals surface area contributed by atoms with Crippen LogP contribution in [0.4, 0.5) is 0 Å². The first-order valence-corrected chi connectivity index (χ1v) is 7.68. The van der Waals surface area contributed by atoms with E-state index in [1.54, 1.807) is 0 Å². The Balaban J connectivity index is 2.06. The van der Waals surface area contributed by atoms with Crippen molar-refractivity contribution in [3.8, 4) is 0 Å². The zero-order valence-corrected chi connectivity index (χ0v) is 12.5. The van der Waals surface area contributed by atoms with E-state index in [1.807, 2.05) is 4.90 Å². The van der Waals surface area contributed by atoms with Crippen molar-refractivity contribution >= 4 is 23.1 Å². The van der Waals surface area contributed by atoms with E-state index in [0.29, 0.717) is 31.0 Å². The number of thiocarbonyl (C=S) groups is 1. The van der Waals surface area contributed by atoms with Crippen LogP contribution >= 0.6 is 12.2 Å². The van der Waals surface area contributed by atoms with Gasteiger partial charge in [-0.2, -0.15) is 0 Å². The lowest BCUT2D eigenvalue weighted by atomic mass is 9.78. The summed E-state index contributed by atoms with van der Waals surface area (Å²) in [5.74, 6) is 0.900. The maximum absolute atomic E-state index is 12.8. The molecule has 19 heavy (non-hydrogen) atoms. The summed E-state index contributed by atoms with van der Waals surface area (Å²) in [5, 5.41) is 0. The van der Waals surface area contributed by atoms with Crippen LogP contribution in [0.1, 0.15) is 39.0 Å². The molecular weight excluding hydrogens is 260 g/mol. The smallest absolute Gasteiger partial charge is 0.235 e. The van der Waals surface area contributed by atoms with Crippen molar-refractivity contribution < 1.29 is 9.53 Å². The highest BCUT2D eigenvalue weighted by Crippen LogP contribution is 2.34. The molecule has 0 aromatic heterocycles. The highest BCUT2D eigenvalue weighted by Gasteiger charge is 2.45. The predicted octanol–water partition coefficient (Wildman–Crippen LogP) is 1.72. The van der Waals surface area contributed by atoms with Crippen molar-refractivity contribution in [2.45, 2.75) is 39.0 Å². The Morgan fingerprint density at radius 3 is 2.42 bits per heavy atom. The molecule has 0 atom stereocenters. The molecule has 0 aliphatic carbocycles. The van der Waals surface area contributed by atoms with Crippen LogP contribution in [0.3, 0.4) is 0 Å². The van der Waals surface area contributed by atoms with Gasteiger partial charge in [-0.25, -0.2) is 0 Å². The van der Waals surface area contributed by atoms with Gasteiger partial charge >= 0.3 is 0 Å². The van der Waals surface area contributed by atoms with E-state index in [1.165, 1.54) is 6.42 Å². The molecule has 4 nitrogen and oxygen atoms in total. The molecule has 2 aliphatic heterocycles. The monoisotopic (exact) mass is 284 g/mol. The first-order valence-electron chi connectivity index (χ1n) is 7.27. The standard InChI is InChI=1S/C14H24N2O2S/c1-2-11-3-7-16(8-4-11)13(17)14(12(15)19)5-9-18-10-6-14/h11H,2-10H2,1H3,(H2,15,19). The summed E-state index contributed by atoms with van der Waals surface area (Å²) in [6.45, 7) is 5.07. The molecule has 2 N–H and O–H groups in total. The van der Waals surface area contributed by atoms with Crippen LogP contribution in [-0.4, -0.2) is 42.1 Å². The number of hydrogen-bond acceptors (Lipinski definition) is 3. The zero-order valence-electron chi connectivity index (χ0n) is 11.7. The van der Waals surface area contributed by atoms with Crippen LogP contribution in [-0.2, 0) is 9.53 Å². The number of amides is 1. The molecule has 2 rings (SSSR count). The van der Waals surface area contributed by atoms with Gasteiger partial charge in [0.05, 0.1) is 4.99 Å². The molecule has 0 aromatic carbocycles. The lowest BCUT2D eigenvalue weighted by Crippen LogP contribution is -2.54.